The predicted octanol–water partition coefficient (Wildman–Crippen LogP) is 4.27. The van der Waals surface area contributed by atoms with Crippen LogP contribution in [0.3, 0.4) is 0 Å². The third kappa shape index (κ3) is 4.90. The van der Waals surface area contributed by atoms with E-state index in [0.717, 1.165) is 67.4 Å². The number of carbonyl (C=O) groups is 1. The molecule has 0 unspecified atom stereocenters. The maximum absolute atomic E-state index is 13.0. The van der Waals surface area contributed by atoms with Crippen LogP contribution in [0.1, 0.15) is 24.1 Å². The Morgan fingerprint density at radius 3 is 2.51 bits per heavy atom. The molecule has 2 aromatic carbocycles. The lowest BCUT2D eigenvalue weighted by molar-refractivity contribution is -0.136. The van der Waals surface area contributed by atoms with Gasteiger partial charge in [-0.1, -0.05) is 23.7 Å². The van der Waals surface area contributed by atoms with Crippen molar-refractivity contribution in [1.82, 2.24) is 9.97 Å². The maximum Gasteiger partial charge on any atom is 0.307 e. The van der Waals surface area contributed by atoms with Gasteiger partial charge in [0.25, 0.3) is 0 Å². The molecule has 3 aromatic rings. The van der Waals surface area contributed by atoms with Crippen molar-refractivity contribution in [3.8, 4) is 0 Å². The molecule has 4 heterocycles. The number of carboxylic acid groups (broad SMARTS) is 1. The normalized spacial score (nSPS) is 20.0. The number of anilines is 4. The summed E-state index contributed by atoms with van der Waals surface area (Å²) in [4.78, 5) is 26.1. The predicted molar refractivity (Wildman–Crippen MR) is 146 cm³/mol. The topological polar surface area (TPSA) is 98.7 Å². The molecule has 192 valence electrons. The van der Waals surface area contributed by atoms with Crippen LogP contribution in [-0.4, -0.2) is 57.2 Å². The number of benzene rings is 2. The third-order valence-corrected chi connectivity index (χ3v) is 9.23. The SMILES string of the molecule is O=C(O)Cc1ccc(Nc2nc(N3CCC4(CN(c5ccc(Cl)cc5)C4)C3)nc3c2[S@](=O)CCC3)cc1. The second-order valence-electron chi connectivity index (χ2n) is 10.2. The lowest BCUT2D eigenvalue weighted by Crippen LogP contribution is -2.57. The van der Waals surface area contributed by atoms with Gasteiger partial charge < -0.3 is 20.2 Å². The van der Waals surface area contributed by atoms with E-state index in [0.29, 0.717) is 22.4 Å². The van der Waals surface area contributed by atoms with Crippen molar-refractivity contribution in [3.63, 3.8) is 0 Å². The van der Waals surface area contributed by atoms with E-state index in [1.54, 1.807) is 12.1 Å². The van der Waals surface area contributed by atoms with Gasteiger partial charge in [0.2, 0.25) is 5.95 Å². The van der Waals surface area contributed by atoms with Gasteiger partial charge in [0.05, 0.1) is 22.9 Å². The monoisotopic (exact) mass is 537 g/mol. The van der Waals surface area contributed by atoms with Crippen LogP contribution in [0.15, 0.2) is 53.4 Å². The fraction of sp³-hybridized carbons (Fsp3) is 0.370. The van der Waals surface area contributed by atoms with Crippen molar-refractivity contribution < 1.29 is 14.1 Å². The Hall–Kier alpha value is -3.17. The fourth-order valence-electron chi connectivity index (χ4n) is 5.57. The van der Waals surface area contributed by atoms with Crippen molar-refractivity contribution in [1.29, 1.82) is 0 Å². The van der Waals surface area contributed by atoms with Gasteiger partial charge in [-0.3, -0.25) is 9.00 Å². The lowest BCUT2D eigenvalue weighted by Gasteiger charge is -2.49. The second kappa shape index (κ2) is 9.61. The number of aromatic nitrogens is 2. The molecule has 3 aliphatic heterocycles. The Morgan fingerprint density at radius 2 is 1.78 bits per heavy atom. The first-order valence-electron chi connectivity index (χ1n) is 12.5. The number of fused-ring (bicyclic) bond motifs is 1. The molecule has 2 N–H and O–H groups in total. The summed E-state index contributed by atoms with van der Waals surface area (Å²) in [5.74, 6) is 1.01. The molecule has 37 heavy (non-hydrogen) atoms. The summed E-state index contributed by atoms with van der Waals surface area (Å²) < 4.78 is 13.0. The van der Waals surface area contributed by atoms with E-state index in [1.165, 1.54) is 5.69 Å². The van der Waals surface area contributed by atoms with Crippen LogP contribution in [0, 0.1) is 5.41 Å². The van der Waals surface area contributed by atoms with E-state index < -0.39 is 16.8 Å². The van der Waals surface area contributed by atoms with Crippen LogP contribution < -0.4 is 15.1 Å². The number of aryl methyl sites for hydroxylation is 1. The van der Waals surface area contributed by atoms with E-state index >= 15 is 0 Å². The Labute approximate surface area is 223 Å². The smallest absolute Gasteiger partial charge is 0.307 e. The molecule has 0 radical (unpaired) electrons. The van der Waals surface area contributed by atoms with Gasteiger partial charge in [-0.05, 0) is 61.2 Å². The zero-order valence-corrected chi connectivity index (χ0v) is 21.9. The molecule has 0 amide bonds. The van der Waals surface area contributed by atoms with Crippen molar-refractivity contribution >= 4 is 51.5 Å². The van der Waals surface area contributed by atoms with Gasteiger partial charge in [0.1, 0.15) is 4.90 Å². The number of carboxylic acids is 1. The summed E-state index contributed by atoms with van der Waals surface area (Å²) in [6.45, 7) is 3.77. The highest BCUT2D eigenvalue weighted by molar-refractivity contribution is 7.85. The number of nitrogens with one attached hydrogen (secondary N) is 1. The van der Waals surface area contributed by atoms with Crippen molar-refractivity contribution in [2.75, 3.05) is 47.0 Å². The molecule has 8 nitrogen and oxygen atoms in total. The summed E-state index contributed by atoms with van der Waals surface area (Å²) in [5, 5.41) is 13.1. The molecule has 10 heteroatoms. The number of hydrogen-bond donors (Lipinski definition) is 2. The van der Waals surface area contributed by atoms with Crippen molar-refractivity contribution in [2.24, 2.45) is 5.41 Å². The lowest BCUT2D eigenvalue weighted by atomic mass is 9.79. The molecule has 3 aliphatic rings. The standard InChI is InChI=1S/C27H28ClN5O3S/c28-19-5-9-21(10-6-19)33-16-27(17-33)11-12-32(15-27)26-30-22-2-1-13-37(36)24(22)25(31-26)29-20-7-3-18(4-8-20)14-23(34)35/h3-10H,1-2,11-17H2,(H,34,35)(H,29,30,31)/t37-/m1/s1. The Kier molecular flexibility index (Phi) is 6.28. The van der Waals surface area contributed by atoms with Gasteiger partial charge in [-0.2, -0.15) is 4.98 Å². The van der Waals surface area contributed by atoms with Crippen LogP contribution in [0.4, 0.5) is 23.1 Å². The zero-order chi connectivity index (χ0) is 25.6. The zero-order valence-electron chi connectivity index (χ0n) is 20.3. The third-order valence-electron chi connectivity index (χ3n) is 7.43. The van der Waals surface area contributed by atoms with Gasteiger partial charge >= 0.3 is 5.97 Å². The molecule has 6 rings (SSSR count). The quantitative estimate of drug-likeness (QED) is 0.481. The molecular formula is C27H28ClN5O3S. The van der Waals surface area contributed by atoms with Crippen molar-refractivity contribution in [2.45, 2.75) is 30.6 Å². The summed E-state index contributed by atoms with van der Waals surface area (Å²) in [5.41, 5.74) is 3.77. The van der Waals surface area contributed by atoms with Gasteiger partial charge in [0, 0.05) is 53.7 Å². The molecule has 1 aromatic heterocycles. The number of halogens is 1. The summed E-state index contributed by atoms with van der Waals surface area (Å²) >= 11 is 6.05. The van der Waals surface area contributed by atoms with E-state index in [-0.39, 0.29) is 11.8 Å². The molecule has 2 fully saturated rings. The fourth-order valence-corrected chi connectivity index (χ4v) is 7.03. The minimum Gasteiger partial charge on any atom is -0.481 e. The second-order valence-corrected chi connectivity index (χ2v) is 12.1. The summed E-state index contributed by atoms with van der Waals surface area (Å²) in [6.07, 6.45) is 2.69. The van der Waals surface area contributed by atoms with Crippen molar-refractivity contribution in [3.05, 3.63) is 64.8 Å². The molecule has 0 saturated carbocycles. The number of aliphatic carboxylic acids is 1. The molecule has 0 bridgehead atoms. The molecule has 1 atom stereocenters. The Morgan fingerprint density at radius 1 is 1.05 bits per heavy atom. The highest BCUT2D eigenvalue weighted by atomic mass is 35.5. The van der Waals surface area contributed by atoms with Crippen LogP contribution >= 0.6 is 11.6 Å². The van der Waals surface area contributed by atoms with Gasteiger partial charge in [0.15, 0.2) is 5.82 Å². The average Bonchev–Trinajstić information content (AvgIpc) is 3.31. The van der Waals surface area contributed by atoms with Crippen LogP contribution in [0.2, 0.25) is 5.02 Å². The van der Waals surface area contributed by atoms with E-state index in [2.05, 4.69) is 27.2 Å². The van der Waals surface area contributed by atoms with E-state index in [9.17, 15) is 9.00 Å². The highest BCUT2D eigenvalue weighted by Crippen LogP contribution is 2.43. The first-order chi connectivity index (χ1) is 17.9. The molecular weight excluding hydrogens is 510 g/mol. The first kappa shape index (κ1) is 24.2. The number of rotatable bonds is 6. The highest BCUT2D eigenvalue weighted by Gasteiger charge is 2.48. The van der Waals surface area contributed by atoms with Gasteiger partial charge in [-0.15, -0.1) is 0 Å². The number of hydrogen-bond acceptors (Lipinski definition) is 7. The Balaban J connectivity index is 1.22. The molecule has 2 saturated heterocycles. The largest absolute Gasteiger partial charge is 0.481 e. The summed E-state index contributed by atoms with van der Waals surface area (Å²) in [6, 6.07) is 15.3. The van der Waals surface area contributed by atoms with Crippen LogP contribution in [0.5, 0.6) is 0 Å². The van der Waals surface area contributed by atoms with Gasteiger partial charge in [-0.25, -0.2) is 4.98 Å². The minimum absolute atomic E-state index is 0.0243. The molecule has 1 spiro atoms. The summed E-state index contributed by atoms with van der Waals surface area (Å²) in [7, 11) is -1.16. The maximum atomic E-state index is 13.0. The first-order valence-corrected chi connectivity index (χ1v) is 14.2. The minimum atomic E-state index is -1.16. The molecule has 0 aliphatic carbocycles. The van der Waals surface area contributed by atoms with E-state index in [1.807, 2.05) is 24.3 Å². The van der Waals surface area contributed by atoms with E-state index in [4.69, 9.17) is 26.7 Å². The average molecular weight is 538 g/mol. The van der Waals surface area contributed by atoms with Crippen LogP contribution in [-0.2, 0) is 28.4 Å². The number of nitrogens with zero attached hydrogens (tertiary/aromatic N) is 4. The Bertz CT molecular complexity index is 1360. The van der Waals surface area contributed by atoms with Crippen LogP contribution in [0.25, 0.3) is 0 Å².